The minimum atomic E-state index is -1.09. The summed E-state index contributed by atoms with van der Waals surface area (Å²) in [5.41, 5.74) is 0.935. The van der Waals surface area contributed by atoms with Crippen molar-refractivity contribution in [1.29, 1.82) is 0 Å². The van der Waals surface area contributed by atoms with Gasteiger partial charge in [-0.25, -0.2) is 4.39 Å². The molecule has 3 aromatic rings. The van der Waals surface area contributed by atoms with Gasteiger partial charge in [0.25, 0.3) is 5.91 Å². The highest BCUT2D eigenvalue weighted by Gasteiger charge is 2.23. The second-order valence-corrected chi connectivity index (χ2v) is 7.62. The topological polar surface area (TPSA) is 79.5 Å². The van der Waals surface area contributed by atoms with Crippen LogP contribution in [0, 0.1) is 12.7 Å². The molecule has 0 saturated heterocycles. The normalized spacial score (nSPS) is 10.6. The first-order chi connectivity index (χ1) is 12.7. The molecule has 0 radical (unpaired) electrons. The average Bonchev–Trinajstić information content (AvgIpc) is 3.12. The summed E-state index contributed by atoms with van der Waals surface area (Å²) in [7, 11) is 0. The van der Waals surface area contributed by atoms with Crippen LogP contribution in [0.3, 0.4) is 0 Å². The van der Waals surface area contributed by atoms with Gasteiger partial charge in [-0.3, -0.25) is 14.2 Å². The van der Waals surface area contributed by atoms with Crippen LogP contribution in [-0.2, 0) is 11.2 Å². The van der Waals surface area contributed by atoms with E-state index in [1.165, 1.54) is 11.0 Å². The van der Waals surface area contributed by atoms with Crippen LogP contribution in [0.2, 0.25) is 4.34 Å². The molecule has 3 rings (SSSR count). The van der Waals surface area contributed by atoms with Crippen molar-refractivity contribution in [2.45, 2.75) is 33.6 Å². The van der Waals surface area contributed by atoms with Gasteiger partial charge in [-0.05, 0) is 30.7 Å². The Balaban J connectivity index is 0.000000817. The minimum absolute atomic E-state index is 0.202. The second-order valence-electron chi connectivity index (χ2n) is 5.91. The molecule has 27 heavy (non-hydrogen) atoms. The molecule has 2 N–H and O–H groups in total. The summed E-state index contributed by atoms with van der Waals surface area (Å²) in [6.07, 6.45) is 0.902. The van der Waals surface area contributed by atoms with Gasteiger partial charge < -0.3 is 10.2 Å². The number of rotatable bonds is 3. The highest BCUT2D eigenvalue weighted by molar-refractivity contribution is 7.18. The largest absolute Gasteiger partial charge is 0.505 e. The molecule has 0 fully saturated rings. The van der Waals surface area contributed by atoms with Crippen molar-refractivity contribution >= 4 is 45.7 Å². The number of hydrogen-bond acceptors (Lipinski definition) is 4. The van der Waals surface area contributed by atoms with Crippen LogP contribution in [0.4, 0.5) is 4.39 Å². The number of thiophene rings is 1. The smallest absolute Gasteiger partial charge is 0.307 e. The molecule has 0 bridgehead atoms. The molecule has 0 spiro atoms. The van der Waals surface area contributed by atoms with E-state index in [1.54, 1.807) is 19.1 Å². The van der Waals surface area contributed by atoms with E-state index in [0.29, 0.717) is 25.9 Å². The Labute approximate surface area is 164 Å². The maximum Gasteiger partial charge on any atom is 0.307 e. The molecular weight excluding hydrogens is 393 g/mol. The van der Waals surface area contributed by atoms with E-state index in [9.17, 15) is 19.1 Å². The SMILES string of the molecule is CCC.Cc1c(CC(=O)O)c2cc(O)c(F)cc2n1C(=O)c1ccc(Cl)s1. The molecule has 144 valence electrons. The molecule has 2 heterocycles. The molecular formula is C19H19ClFNO4S. The number of aliphatic carboxylic acids is 1. The predicted molar refractivity (Wildman–Crippen MR) is 105 cm³/mol. The zero-order chi connectivity index (χ0) is 20.3. The molecule has 8 heteroatoms. The summed E-state index contributed by atoms with van der Waals surface area (Å²) in [5, 5.41) is 19.0. The number of carboxylic acids is 1. The average molecular weight is 412 g/mol. The lowest BCUT2D eigenvalue weighted by molar-refractivity contribution is -0.136. The Morgan fingerprint density at radius 3 is 2.41 bits per heavy atom. The highest BCUT2D eigenvalue weighted by atomic mass is 35.5. The third-order valence-electron chi connectivity index (χ3n) is 3.72. The van der Waals surface area contributed by atoms with Crippen LogP contribution >= 0.6 is 22.9 Å². The zero-order valence-corrected chi connectivity index (χ0v) is 16.6. The summed E-state index contributed by atoms with van der Waals surface area (Å²) in [5.74, 6) is -3.01. The van der Waals surface area contributed by atoms with E-state index < -0.39 is 23.4 Å². The van der Waals surface area contributed by atoms with Gasteiger partial charge in [0, 0.05) is 17.1 Å². The monoisotopic (exact) mass is 411 g/mol. The number of carboxylic acid groups (broad SMARTS) is 1. The number of halogens is 2. The van der Waals surface area contributed by atoms with E-state index in [1.807, 2.05) is 0 Å². The second kappa shape index (κ2) is 8.54. The standard InChI is InChI=1S/C16H11ClFNO4S.C3H8/c1-7-8(5-15(21)22)9-4-12(20)10(18)6-11(9)19(7)16(23)13-2-3-14(17)24-13;1-3-2/h2-4,6,20H,5H2,1H3,(H,21,22);3H2,1-2H3. The molecule has 0 saturated carbocycles. The Hall–Kier alpha value is -2.38. The summed E-state index contributed by atoms with van der Waals surface area (Å²) < 4.78 is 15.5. The quantitative estimate of drug-likeness (QED) is 0.617. The number of hydrogen-bond donors (Lipinski definition) is 2. The van der Waals surface area contributed by atoms with Crippen molar-refractivity contribution in [3.05, 3.63) is 50.6 Å². The first kappa shape index (κ1) is 20.9. The molecule has 0 aliphatic heterocycles. The molecule has 2 aromatic heterocycles. The lowest BCUT2D eigenvalue weighted by Gasteiger charge is -2.06. The van der Waals surface area contributed by atoms with Crippen LogP contribution in [0.5, 0.6) is 5.75 Å². The highest BCUT2D eigenvalue weighted by Crippen LogP contribution is 2.33. The van der Waals surface area contributed by atoms with Crippen LogP contribution in [0.1, 0.15) is 41.2 Å². The fourth-order valence-corrected chi connectivity index (χ4v) is 3.64. The fourth-order valence-electron chi connectivity index (χ4n) is 2.66. The Morgan fingerprint density at radius 1 is 1.26 bits per heavy atom. The summed E-state index contributed by atoms with van der Waals surface area (Å²) in [6.45, 7) is 5.83. The predicted octanol–water partition coefficient (Wildman–Crippen LogP) is 5.24. The minimum Gasteiger partial charge on any atom is -0.505 e. The van der Waals surface area contributed by atoms with Gasteiger partial charge in [-0.15, -0.1) is 11.3 Å². The van der Waals surface area contributed by atoms with Gasteiger partial charge in [0.15, 0.2) is 11.6 Å². The number of fused-ring (bicyclic) bond motifs is 1. The van der Waals surface area contributed by atoms with Gasteiger partial charge in [0.1, 0.15) is 0 Å². The third-order valence-corrected chi connectivity index (χ3v) is 4.94. The van der Waals surface area contributed by atoms with Gasteiger partial charge in [-0.2, -0.15) is 0 Å². The number of carbonyl (C=O) groups excluding carboxylic acids is 1. The maximum atomic E-state index is 13.8. The van der Waals surface area contributed by atoms with Crippen LogP contribution in [-0.4, -0.2) is 26.7 Å². The Morgan fingerprint density at radius 2 is 1.89 bits per heavy atom. The Bertz CT molecular complexity index is 1010. The van der Waals surface area contributed by atoms with E-state index in [-0.39, 0.29) is 11.9 Å². The summed E-state index contributed by atoms with van der Waals surface area (Å²) in [6, 6.07) is 5.29. The molecule has 0 amide bonds. The third kappa shape index (κ3) is 4.31. The number of phenolic OH excluding ortho intramolecular Hbond substituents is 1. The van der Waals surface area contributed by atoms with Gasteiger partial charge in [0.2, 0.25) is 0 Å². The summed E-state index contributed by atoms with van der Waals surface area (Å²) in [4.78, 5) is 24.2. The molecule has 0 atom stereocenters. The van der Waals surface area contributed by atoms with Crippen molar-refractivity contribution < 1.29 is 24.2 Å². The molecule has 0 aliphatic rings. The number of carbonyl (C=O) groups is 2. The molecule has 0 unspecified atom stereocenters. The van der Waals surface area contributed by atoms with Gasteiger partial charge in [-0.1, -0.05) is 31.9 Å². The lowest BCUT2D eigenvalue weighted by atomic mass is 10.1. The van der Waals surface area contributed by atoms with E-state index in [2.05, 4.69) is 13.8 Å². The number of phenols is 1. The van der Waals surface area contributed by atoms with Crippen LogP contribution in [0.25, 0.3) is 10.9 Å². The van der Waals surface area contributed by atoms with Crippen molar-refractivity contribution in [3.63, 3.8) is 0 Å². The number of aromatic hydroxyl groups is 1. The van der Waals surface area contributed by atoms with Gasteiger partial charge >= 0.3 is 5.97 Å². The van der Waals surface area contributed by atoms with E-state index in [0.717, 1.165) is 23.5 Å². The van der Waals surface area contributed by atoms with Crippen molar-refractivity contribution in [1.82, 2.24) is 4.57 Å². The molecule has 1 aromatic carbocycles. The van der Waals surface area contributed by atoms with Crippen LogP contribution in [0.15, 0.2) is 24.3 Å². The fraction of sp³-hybridized carbons (Fsp3) is 0.263. The maximum absolute atomic E-state index is 13.8. The van der Waals surface area contributed by atoms with E-state index >= 15 is 0 Å². The van der Waals surface area contributed by atoms with Crippen molar-refractivity contribution in [3.8, 4) is 5.75 Å². The number of aromatic nitrogens is 1. The number of nitrogens with zero attached hydrogens (tertiary/aromatic N) is 1. The van der Waals surface area contributed by atoms with Crippen molar-refractivity contribution in [2.75, 3.05) is 0 Å². The first-order valence-electron chi connectivity index (χ1n) is 8.25. The molecule has 0 aliphatic carbocycles. The van der Waals surface area contributed by atoms with Crippen LogP contribution < -0.4 is 0 Å². The van der Waals surface area contributed by atoms with Gasteiger partial charge in [0.05, 0.1) is 21.2 Å². The Kier molecular flexibility index (Phi) is 6.62. The number of benzene rings is 1. The first-order valence-corrected chi connectivity index (χ1v) is 9.44. The zero-order valence-electron chi connectivity index (χ0n) is 15.0. The van der Waals surface area contributed by atoms with Crippen molar-refractivity contribution in [2.24, 2.45) is 0 Å². The molecule has 5 nitrogen and oxygen atoms in total. The summed E-state index contributed by atoms with van der Waals surface area (Å²) >= 11 is 6.93. The van der Waals surface area contributed by atoms with E-state index in [4.69, 9.17) is 16.7 Å². The lowest BCUT2D eigenvalue weighted by Crippen LogP contribution is -2.13.